The summed E-state index contributed by atoms with van der Waals surface area (Å²) in [5.74, 6) is 0.991. The summed E-state index contributed by atoms with van der Waals surface area (Å²) in [4.78, 5) is 11.0. The van der Waals surface area contributed by atoms with Crippen LogP contribution in [0.4, 0.5) is 0 Å². The Morgan fingerprint density at radius 1 is 1.08 bits per heavy atom. The van der Waals surface area contributed by atoms with Crippen molar-refractivity contribution >= 4 is 5.97 Å². The van der Waals surface area contributed by atoms with E-state index in [0.717, 1.165) is 18.7 Å². The molecule has 3 rings (SSSR count). The van der Waals surface area contributed by atoms with E-state index in [0.29, 0.717) is 11.8 Å². The Bertz CT molecular complexity index is 663. The molecule has 2 atom stereocenters. The van der Waals surface area contributed by atoms with Crippen molar-refractivity contribution in [3.63, 3.8) is 0 Å². The number of nitrogens with one attached hydrogen (secondary N) is 1. The van der Waals surface area contributed by atoms with Crippen molar-refractivity contribution in [1.29, 1.82) is 0 Å². The van der Waals surface area contributed by atoms with Crippen LogP contribution >= 0.6 is 0 Å². The van der Waals surface area contributed by atoms with E-state index < -0.39 is 0 Å². The van der Waals surface area contributed by atoms with Crippen LogP contribution in [0.3, 0.4) is 0 Å². The molecule has 4 heteroatoms. The average Bonchev–Trinajstić information content (AvgIpc) is 2.64. The molecule has 25 heavy (non-hydrogen) atoms. The van der Waals surface area contributed by atoms with Gasteiger partial charge in [-0.15, -0.1) is 0 Å². The number of rotatable bonds is 6. The van der Waals surface area contributed by atoms with Crippen LogP contribution in [0.1, 0.15) is 44.3 Å². The Morgan fingerprint density at radius 3 is 2.44 bits per heavy atom. The molecule has 4 nitrogen and oxygen atoms in total. The molecule has 2 aromatic rings. The van der Waals surface area contributed by atoms with Crippen LogP contribution in [-0.2, 0) is 4.79 Å². The summed E-state index contributed by atoms with van der Waals surface area (Å²) in [7, 11) is 0. The molecule has 132 valence electrons. The summed E-state index contributed by atoms with van der Waals surface area (Å²) in [6.45, 7) is 2.48. The topological polar surface area (TPSA) is 47.6 Å². The van der Waals surface area contributed by atoms with E-state index in [-0.39, 0.29) is 12.1 Å². The number of hydrogen-bond acceptors (Lipinski definition) is 4. The molecule has 0 saturated carbocycles. The second-order valence-corrected chi connectivity index (χ2v) is 6.46. The molecule has 1 N–H and O–H groups in total. The summed E-state index contributed by atoms with van der Waals surface area (Å²) in [5, 5.41) is 3.60. The predicted octanol–water partition coefficient (Wildman–Crippen LogP) is 4.26. The number of hydrogen-bond donors (Lipinski definition) is 1. The Kier molecular flexibility index (Phi) is 6.07. The van der Waals surface area contributed by atoms with Crippen LogP contribution < -0.4 is 14.8 Å². The van der Waals surface area contributed by atoms with Gasteiger partial charge in [-0.3, -0.25) is 4.79 Å². The molecule has 2 aromatic carbocycles. The maximum atomic E-state index is 11.0. The van der Waals surface area contributed by atoms with Crippen LogP contribution in [0.25, 0.3) is 0 Å². The van der Waals surface area contributed by atoms with Gasteiger partial charge in [-0.1, -0.05) is 36.8 Å². The maximum absolute atomic E-state index is 11.0. The second-order valence-electron chi connectivity index (χ2n) is 6.46. The molecule has 0 bridgehead atoms. The van der Waals surface area contributed by atoms with Gasteiger partial charge in [0.25, 0.3) is 0 Å². The molecule has 2 unspecified atom stereocenters. The Hall–Kier alpha value is -2.33. The third kappa shape index (κ3) is 5.33. The quantitative estimate of drug-likeness (QED) is 0.631. The minimum absolute atomic E-state index is 0.00336. The molecule has 0 aliphatic carbocycles. The maximum Gasteiger partial charge on any atom is 0.308 e. The molecule has 1 saturated heterocycles. The number of carbonyl (C=O) groups excluding carboxylic acids is 1. The lowest BCUT2D eigenvalue weighted by Gasteiger charge is -2.28. The number of ether oxygens (including phenoxy) is 2. The Morgan fingerprint density at radius 2 is 1.80 bits per heavy atom. The van der Waals surface area contributed by atoms with Gasteiger partial charge in [0.15, 0.2) is 0 Å². The van der Waals surface area contributed by atoms with E-state index in [1.165, 1.54) is 31.7 Å². The SMILES string of the molecule is CC(=O)Oc1ccc(OC(CC2CCCCN2)c2ccccc2)cc1. The zero-order valence-electron chi connectivity index (χ0n) is 14.6. The molecule has 1 fully saturated rings. The zero-order valence-corrected chi connectivity index (χ0v) is 14.6. The predicted molar refractivity (Wildman–Crippen MR) is 97.8 cm³/mol. The third-order valence-electron chi connectivity index (χ3n) is 4.45. The van der Waals surface area contributed by atoms with Crippen molar-refractivity contribution in [2.45, 2.75) is 44.8 Å². The van der Waals surface area contributed by atoms with E-state index in [1.54, 1.807) is 12.1 Å². The van der Waals surface area contributed by atoms with Crippen LogP contribution in [0.15, 0.2) is 54.6 Å². The normalized spacial score (nSPS) is 18.4. The smallest absolute Gasteiger partial charge is 0.308 e. The van der Waals surface area contributed by atoms with Crippen molar-refractivity contribution < 1.29 is 14.3 Å². The number of carbonyl (C=O) groups is 1. The molecular formula is C21H25NO3. The van der Waals surface area contributed by atoms with Crippen molar-refractivity contribution in [2.24, 2.45) is 0 Å². The van der Waals surface area contributed by atoms with Crippen molar-refractivity contribution in [2.75, 3.05) is 6.54 Å². The van der Waals surface area contributed by atoms with Crippen molar-refractivity contribution in [1.82, 2.24) is 5.32 Å². The first-order chi connectivity index (χ1) is 12.2. The number of piperidine rings is 1. The van der Waals surface area contributed by atoms with Gasteiger partial charge in [0, 0.05) is 19.4 Å². The average molecular weight is 339 g/mol. The highest BCUT2D eigenvalue weighted by Gasteiger charge is 2.21. The minimum atomic E-state index is -0.320. The highest BCUT2D eigenvalue weighted by Crippen LogP contribution is 2.29. The van der Waals surface area contributed by atoms with Crippen molar-refractivity contribution in [3.8, 4) is 11.5 Å². The molecule has 1 heterocycles. The Labute approximate surface area is 149 Å². The number of benzene rings is 2. The first kappa shape index (κ1) is 17.5. The van der Waals surface area contributed by atoms with E-state index >= 15 is 0 Å². The lowest BCUT2D eigenvalue weighted by molar-refractivity contribution is -0.131. The lowest BCUT2D eigenvalue weighted by atomic mass is 9.96. The minimum Gasteiger partial charge on any atom is -0.486 e. The molecule has 0 amide bonds. The van der Waals surface area contributed by atoms with E-state index in [1.807, 2.05) is 30.3 Å². The lowest BCUT2D eigenvalue weighted by Crippen LogP contribution is -2.36. The summed E-state index contributed by atoms with van der Waals surface area (Å²) in [6.07, 6.45) is 4.66. The highest BCUT2D eigenvalue weighted by atomic mass is 16.5. The van der Waals surface area contributed by atoms with E-state index in [2.05, 4.69) is 17.4 Å². The largest absolute Gasteiger partial charge is 0.486 e. The van der Waals surface area contributed by atoms with Gasteiger partial charge in [0.05, 0.1) is 0 Å². The fourth-order valence-electron chi connectivity index (χ4n) is 3.22. The summed E-state index contributed by atoms with van der Waals surface area (Å²) < 4.78 is 11.4. The van der Waals surface area contributed by atoms with E-state index in [4.69, 9.17) is 9.47 Å². The van der Waals surface area contributed by atoms with Gasteiger partial charge in [-0.2, -0.15) is 0 Å². The Balaban J connectivity index is 1.71. The van der Waals surface area contributed by atoms with Crippen LogP contribution in [-0.4, -0.2) is 18.6 Å². The van der Waals surface area contributed by atoms with Crippen LogP contribution in [0.2, 0.25) is 0 Å². The van der Waals surface area contributed by atoms with Crippen LogP contribution in [0.5, 0.6) is 11.5 Å². The first-order valence-corrected chi connectivity index (χ1v) is 8.94. The van der Waals surface area contributed by atoms with Gasteiger partial charge in [-0.25, -0.2) is 0 Å². The molecule has 0 radical (unpaired) electrons. The third-order valence-corrected chi connectivity index (χ3v) is 4.45. The fraction of sp³-hybridized carbons (Fsp3) is 0.381. The molecule has 0 spiro atoms. The highest BCUT2D eigenvalue weighted by molar-refractivity contribution is 5.69. The summed E-state index contributed by atoms with van der Waals surface area (Å²) >= 11 is 0. The van der Waals surface area contributed by atoms with Gasteiger partial charge >= 0.3 is 5.97 Å². The van der Waals surface area contributed by atoms with Gasteiger partial charge < -0.3 is 14.8 Å². The summed E-state index contributed by atoms with van der Waals surface area (Å²) in [6, 6.07) is 18.0. The molecule has 1 aliphatic heterocycles. The van der Waals surface area contributed by atoms with Gasteiger partial charge in [-0.05, 0) is 49.2 Å². The first-order valence-electron chi connectivity index (χ1n) is 8.94. The summed E-state index contributed by atoms with van der Waals surface area (Å²) in [5.41, 5.74) is 1.18. The van der Waals surface area contributed by atoms with Gasteiger partial charge in [0.2, 0.25) is 0 Å². The van der Waals surface area contributed by atoms with Crippen LogP contribution in [0, 0.1) is 0 Å². The van der Waals surface area contributed by atoms with Crippen molar-refractivity contribution in [3.05, 3.63) is 60.2 Å². The molecule has 1 aliphatic rings. The second kappa shape index (κ2) is 8.67. The standard InChI is InChI=1S/C21H25NO3/c1-16(23)24-19-10-12-20(13-11-19)25-21(17-7-3-2-4-8-17)15-18-9-5-6-14-22-18/h2-4,7-8,10-13,18,21-22H,5-6,9,14-15H2,1H3. The van der Waals surface area contributed by atoms with Gasteiger partial charge in [0.1, 0.15) is 17.6 Å². The monoisotopic (exact) mass is 339 g/mol. The number of esters is 1. The zero-order chi connectivity index (χ0) is 17.5. The fourth-order valence-corrected chi connectivity index (χ4v) is 3.22. The molecule has 0 aromatic heterocycles. The molecular weight excluding hydrogens is 314 g/mol. The van der Waals surface area contributed by atoms with E-state index in [9.17, 15) is 4.79 Å².